The van der Waals surface area contributed by atoms with E-state index < -0.39 is 0 Å². The molecule has 1 aliphatic heterocycles. The van der Waals surface area contributed by atoms with E-state index in [1.165, 1.54) is 16.7 Å². The van der Waals surface area contributed by atoms with Crippen LogP contribution in [0.3, 0.4) is 0 Å². The molecule has 1 N–H and O–H groups in total. The molecule has 0 fully saturated rings. The fraction of sp³-hybridized carbons (Fsp3) is 0.0222. The summed E-state index contributed by atoms with van der Waals surface area (Å²) >= 11 is 0. The van der Waals surface area contributed by atoms with Crippen molar-refractivity contribution in [2.24, 2.45) is 9.98 Å². The number of para-hydroxylation sites is 1. The monoisotopic (exact) mass is 629 g/mol. The van der Waals surface area contributed by atoms with Gasteiger partial charge in [0, 0.05) is 27.5 Å². The van der Waals surface area contributed by atoms with Gasteiger partial charge in [0.2, 0.25) is 0 Å². The highest BCUT2D eigenvalue weighted by atomic mass is 16.3. The average Bonchev–Trinajstić information content (AvgIpc) is 3.58. The molecule has 0 saturated heterocycles. The lowest BCUT2D eigenvalue weighted by atomic mass is 9.98. The Labute approximate surface area is 284 Å². The van der Waals surface area contributed by atoms with Crippen molar-refractivity contribution in [2.75, 3.05) is 0 Å². The van der Waals surface area contributed by atoms with Gasteiger partial charge in [0.1, 0.15) is 23.2 Å². The number of rotatable bonds is 6. The van der Waals surface area contributed by atoms with Gasteiger partial charge in [-0.05, 0) is 39.4 Å². The molecule has 4 heteroatoms. The Morgan fingerprint density at radius 3 is 1.63 bits per heavy atom. The predicted molar refractivity (Wildman–Crippen MR) is 202 cm³/mol. The van der Waals surface area contributed by atoms with Gasteiger partial charge in [-0.1, -0.05) is 170 Å². The standard InChI is InChI=1S/C45H31N3O/c1-4-12-30(13-5-1)32-22-26-34(27-23-32)37-18-10-19-38-41-39(20-11-21-40(41)49-42(37)38)45-47-43(35-16-8-3-9-17-35)46-44(48-45)36-28-24-33(25-29-36)31-14-6-2-7-15-31/h1-29,43H,(H,46,47,48). The third kappa shape index (κ3) is 5.39. The van der Waals surface area contributed by atoms with Crippen LogP contribution in [0.2, 0.25) is 0 Å². The minimum absolute atomic E-state index is 0.301. The first kappa shape index (κ1) is 28.7. The Morgan fingerprint density at radius 1 is 0.449 bits per heavy atom. The van der Waals surface area contributed by atoms with E-state index >= 15 is 0 Å². The van der Waals surface area contributed by atoms with E-state index in [1.54, 1.807) is 0 Å². The van der Waals surface area contributed by atoms with Gasteiger partial charge in [0.25, 0.3) is 0 Å². The number of furan rings is 1. The molecule has 0 radical (unpaired) electrons. The second kappa shape index (κ2) is 12.3. The normalized spacial score (nSPS) is 14.3. The summed E-state index contributed by atoms with van der Waals surface area (Å²) in [5, 5.41) is 5.66. The van der Waals surface area contributed by atoms with Crippen LogP contribution in [0.25, 0.3) is 55.3 Å². The van der Waals surface area contributed by atoms with Crippen LogP contribution in [0.4, 0.5) is 0 Å². The molecule has 0 spiro atoms. The number of amidine groups is 2. The number of nitrogens with zero attached hydrogens (tertiary/aromatic N) is 2. The summed E-state index contributed by atoms with van der Waals surface area (Å²) in [6.45, 7) is 0. The van der Waals surface area contributed by atoms with Crippen molar-refractivity contribution in [1.29, 1.82) is 0 Å². The molecule has 7 aromatic carbocycles. The van der Waals surface area contributed by atoms with Crippen molar-refractivity contribution in [1.82, 2.24) is 5.32 Å². The zero-order valence-corrected chi connectivity index (χ0v) is 26.6. The highest BCUT2D eigenvalue weighted by Gasteiger charge is 2.24. The van der Waals surface area contributed by atoms with Crippen LogP contribution >= 0.6 is 0 Å². The lowest BCUT2D eigenvalue weighted by molar-refractivity contribution is 0.669. The first-order valence-corrected chi connectivity index (χ1v) is 16.5. The van der Waals surface area contributed by atoms with Crippen molar-refractivity contribution in [3.63, 3.8) is 0 Å². The van der Waals surface area contributed by atoms with Crippen LogP contribution in [0.5, 0.6) is 0 Å². The van der Waals surface area contributed by atoms with Gasteiger partial charge in [-0.2, -0.15) is 0 Å². The molecular weight excluding hydrogens is 599 g/mol. The molecule has 1 aromatic heterocycles. The zero-order valence-electron chi connectivity index (χ0n) is 26.6. The van der Waals surface area contributed by atoms with E-state index in [-0.39, 0.29) is 6.17 Å². The minimum Gasteiger partial charge on any atom is -0.455 e. The first-order valence-electron chi connectivity index (χ1n) is 16.5. The highest BCUT2D eigenvalue weighted by Crippen LogP contribution is 2.39. The Kier molecular flexibility index (Phi) is 7.17. The predicted octanol–water partition coefficient (Wildman–Crippen LogP) is 11.1. The molecule has 4 nitrogen and oxygen atoms in total. The molecule has 0 amide bonds. The van der Waals surface area contributed by atoms with E-state index in [2.05, 4.69) is 139 Å². The van der Waals surface area contributed by atoms with Gasteiger partial charge in [0.05, 0.1) is 0 Å². The van der Waals surface area contributed by atoms with E-state index in [4.69, 9.17) is 14.4 Å². The maximum atomic E-state index is 6.64. The molecule has 8 aromatic rings. The third-order valence-electron chi connectivity index (χ3n) is 9.19. The fourth-order valence-electron chi connectivity index (χ4n) is 6.71. The summed E-state index contributed by atoms with van der Waals surface area (Å²) < 4.78 is 6.64. The summed E-state index contributed by atoms with van der Waals surface area (Å²) in [4.78, 5) is 10.4. The van der Waals surface area contributed by atoms with Crippen LogP contribution in [0, 0.1) is 0 Å². The van der Waals surface area contributed by atoms with Crippen LogP contribution < -0.4 is 5.32 Å². The van der Waals surface area contributed by atoms with Crippen LogP contribution in [0.15, 0.2) is 190 Å². The molecular formula is C45H31N3O. The SMILES string of the molecule is c1ccc(-c2ccc(C3=NC(c4cccc5oc6c(-c7ccc(-c8ccccc8)cc7)cccc6c45)=NC(c4ccccc4)N3)cc2)cc1. The maximum Gasteiger partial charge on any atom is 0.160 e. The van der Waals surface area contributed by atoms with Gasteiger partial charge in [0.15, 0.2) is 5.84 Å². The Morgan fingerprint density at radius 2 is 0.980 bits per heavy atom. The molecule has 2 heterocycles. The van der Waals surface area contributed by atoms with Crippen LogP contribution in [0.1, 0.15) is 22.9 Å². The molecule has 0 saturated carbocycles. The first-order chi connectivity index (χ1) is 24.3. The number of aliphatic imine (C=N–C) groups is 2. The number of nitrogens with one attached hydrogen (secondary N) is 1. The second-order valence-electron chi connectivity index (χ2n) is 12.2. The summed E-state index contributed by atoms with van der Waals surface area (Å²) in [5.41, 5.74) is 11.6. The van der Waals surface area contributed by atoms with Crippen molar-refractivity contribution in [3.8, 4) is 33.4 Å². The Bertz CT molecular complexity index is 2480. The largest absolute Gasteiger partial charge is 0.455 e. The summed E-state index contributed by atoms with van der Waals surface area (Å²) in [5.74, 6) is 1.45. The lowest BCUT2D eigenvalue weighted by Crippen LogP contribution is -2.33. The van der Waals surface area contributed by atoms with Crippen molar-refractivity contribution in [2.45, 2.75) is 6.17 Å². The Hall–Kier alpha value is -6.52. The van der Waals surface area contributed by atoms with Gasteiger partial charge < -0.3 is 9.73 Å². The van der Waals surface area contributed by atoms with E-state index in [0.717, 1.165) is 61.2 Å². The molecule has 0 aliphatic carbocycles. The maximum absolute atomic E-state index is 6.64. The van der Waals surface area contributed by atoms with E-state index in [1.807, 2.05) is 42.5 Å². The number of fused-ring (bicyclic) bond motifs is 3. The fourth-order valence-corrected chi connectivity index (χ4v) is 6.71. The molecule has 1 aliphatic rings. The summed E-state index contributed by atoms with van der Waals surface area (Å²) in [6, 6.07) is 61.0. The van der Waals surface area contributed by atoms with Crippen LogP contribution in [-0.2, 0) is 0 Å². The topological polar surface area (TPSA) is 49.9 Å². The van der Waals surface area contributed by atoms with Gasteiger partial charge in [-0.3, -0.25) is 0 Å². The molecule has 9 rings (SSSR count). The van der Waals surface area contributed by atoms with Crippen molar-refractivity contribution >= 4 is 33.6 Å². The summed E-state index contributed by atoms with van der Waals surface area (Å²) in [6.07, 6.45) is -0.301. The molecule has 1 unspecified atom stereocenters. The van der Waals surface area contributed by atoms with E-state index in [9.17, 15) is 0 Å². The Balaban J connectivity index is 1.15. The molecule has 232 valence electrons. The second-order valence-corrected chi connectivity index (χ2v) is 12.2. The molecule has 49 heavy (non-hydrogen) atoms. The lowest BCUT2D eigenvalue weighted by Gasteiger charge is -2.24. The third-order valence-corrected chi connectivity index (χ3v) is 9.19. The molecule has 0 bridgehead atoms. The average molecular weight is 630 g/mol. The van der Waals surface area contributed by atoms with Gasteiger partial charge >= 0.3 is 0 Å². The summed E-state index contributed by atoms with van der Waals surface area (Å²) in [7, 11) is 0. The number of hydrogen-bond donors (Lipinski definition) is 1. The van der Waals surface area contributed by atoms with Crippen molar-refractivity contribution < 1.29 is 4.42 Å². The van der Waals surface area contributed by atoms with Crippen molar-refractivity contribution in [3.05, 3.63) is 193 Å². The molecule has 1 atom stereocenters. The van der Waals surface area contributed by atoms with Crippen LogP contribution in [-0.4, -0.2) is 11.7 Å². The minimum atomic E-state index is -0.301. The van der Waals surface area contributed by atoms with Gasteiger partial charge in [-0.25, -0.2) is 9.98 Å². The highest BCUT2D eigenvalue weighted by molar-refractivity contribution is 6.22. The number of hydrogen-bond acceptors (Lipinski definition) is 4. The van der Waals surface area contributed by atoms with E-state index in [0.29, 0.717) is 5.84 Å². The van der Waals surface area contributed by atoms with Gasteiger partial charge in [-0.15, -0.1) is 0 Å². The quantitative estimate of drug-likeness (QED) is 0.199. The zero-order chi connectivity index (χ0) is 32.6. The number of benzene rings is 7. The smallest absolute Gasteiger partial charge is 0.160 e.